The van der Waals surface area contributed by atoms with Crippen LogP contribution in [0.5, 0.6) is 5.75 Å². The summed E-state index contributed by atoms with van der Waals surface area (Å²) in [5.74, 6) is -2.14. The fraction of sp³-hybridized carbons (Fsp3) is 0.238. The molecule has 0 bridgehead atoms. The molecule has 3 rings (SSSR count). The van der Waals surface area contributed by atoms with Crippen LogP contribution >= 0.6 is 0 Å². The van der Waals surface area contributed by atoms with Gasteiger partial charge in [0.1, 0.15) is 5.75 Å². The largest absolute Gasteiger partial charge is 0.497 e. The van der Waals surface area contributed by atoms with Crippen molar-refractivity contribution in [1.29, 1.82) is 0 Å². The summed E-state index contributed by atoms with van der Waals surface area (Å²) in [6, 6.07) is 15.1. The molecule has 30 heavy (non-hydrogen) atoms. The van der Waals surface area contributed by atoms with Crippen LogP contribution < -0.4 is 15.5 Å². The number of nitrogens with one attached hydrogen (secondary N) is 2. The van der Waals surface area contributed by atoms with E-state index in [-0.39, 0.29) is 13.0 Å². The van der Waals surface area contributed by atoms with Gasteiger partial charge in [0, 0.05) is 17.7 Å². The number of rotatable bonds is 7. The molecule has 1 saturated heterocycles. The Kier molecular flexibility index (Phi) is 6.63. The second-order valence-corrected chi connectivity index (χ2v) is 6.60. The molecule has 0 saturated carbocycles. The molecule has 9 nitrogen and oxygen atoms in total. The first-order valence-electron chi connectivity index (χ1n) is 9.23. The number of ether oxygens (including phenoxy) is 2. The van der Waals surface area contributed by atoms with E-state index < -0.39 is 36.2 Å². The van der Waals surface area contributed by atoms with E-state index in [0.29, 0.717) is 17.0 Å². The van der Waals surface area contributed by atoms with E-state index in [4.69, 9.17) is 9.47 Å². The van der Waals surface area contributed by atoms with Gasteiger partial charge in [0.15, 0.2) is 6.61 Å². The maximum absolute atomic E-state index is 12.2. The van der Waals surface area contributed by atoms with E-state index in [1.807, 2.05) is 0 Å². The summed E-state index contributed by atoms with van der Waals surface area (Å²) in [5, 5.41) is 3.69. The highest BCUT2D eigenvalue weighted by atomic mass is 16.5. The van der Waals surface area contributed by atoms with Crippen molar-refractivity contribution >= 4 is 29.4 Å². The summed E-state index contributed by atoms with van der Waals surface area (Å²) < 4.78 is 10.1. The van der Waals surface area contributed by atoms with Gasteiger partial charge in [0.05, 0.1) is 19.6 Å². The van der Waals surface area contributed by atoms with E-state index in [1.165, 1.54) is 7.11 Å². The van der Waals surface area contributed by atoms with Gasteiger partial charge >= 0.3 is 5.97 Å². The highest BCUT2D eigenvalue weighted by Crippen LogP contribution is 2.18. The normalized spacial score (nSPS) is 15.4. The molecule has 0 spiro atoms. The third kappa shape index (κ3) is 5.34. The van der Waals surface area contributed by atoms with Crippen molar-refractivity contribution in [1.82, 2.24) is 10.4 Å². The number of esters is 1. The molecule has 156 valence electrons. The average molecular weight is 411 g/mol. The Morgan fingerprint density at radius 3 is 2.43 bits per heavy atom. The number of hydrogen-bond donors (Lipinski definition) is 2. The van der Waals surface area contributed by atoms with Gasteiger partial charge in [-0.1, -0.05) is 18.2 Å². The lowest BCUT2D eigenvalue weighted by Crippen LogP contribution is -2.43. The predicted molar refractivity (Wildman–Crippen MR) is 106 cm³/mol. The number of hydrazine groups is 1. The molecular formula is C21H21N3O6. The van der Waals surface area contributed by atoms with E-state index in [9.17, 15) is 19.2 Å². The zero-order chi connectivity index (χ0) is 21.5. The van der Waals surface area contributed by atoms with Crippen LogP contribution in [0.2, 0.25) is 0 Å². The molecule has 2 N–H and O–H groups in total. The Labute approximate surface area is 172 Å². The Morgan fingerprint density at radius 2 is 1.77 bits per heavy atom. The molecule has 1 atom stereocenters. The fourth-order valence-electron chi connectivity index (χ4n) is 2.88. The fourth-order valence-corrected chi connectivity index (χ4v) is 2.88. The van der Waals surface area contributed by atoms with Crippen LogP contribution in [-0.2, 0) is 19.1 Å². The minimum atomic E-state index is -0.762. The maximum Gasteiger partial charge on any atom is 0.311 e. The summed E-state index contributed by atoms with van der Waals surface area (Å²) in [6.07, 6.45) is -0.103. The van der Waals surface area contributed by atoms with Crippen molar-refractivity contribution in [2.24, 2.45) is 5.92 Å². The van der Waals surface area contributed by atoms with E-state index in [0.717, 1.165) is 5.01 Å². The number of methoxy groups -OCH3 is 1. The second-order valence-electron chi connectivity index (χ2n) is 6.60. The molecule has 9 heteroatoms. The van der Waals surface area contributed by atoms with Gasteiger partial charge in [0.2, 0.25) is 5.91 Å². The Bertz CT molecular complexity index is 930. The van der Waals surface area contributed by atoms with Crippen LogP contribution in [0.3, 0.4) is 0 Å². The third-order valence-electron chi connectivity index (χ3n) is 4.45. The van der Waals surface area contributed by atoms with Gasteiger partial charge < -0.3 is 14.8 Å². The molecule has 2 aromatic rings. The molecule has 0 aromatic heterocycles. The summed E-state index contributed by atoms with van der Waals surface area (Å²) in [7, 11) is 1.54. The van der Waals surface area contributed by atoms with Crippen LogP contribution in [0.1, 0.15) is 16.8 Å². The molecule has 1 fully saturated rings. The van der Waals surface area contributed by atoms with Crippen LogP contribution in [0.4, 0.5) is 5.69 Å². The van der Waals surface area contributed by atoms with Gasteiger partial charge in [0.25, 0.3) is 11.8 Å². The first kappa shape index (κ1) is 20.8. The van der Waals surface area contributed by atoms with Crippen LogP contribution in [0.25, 0.3) is 0 Å². The van der Waals surface area contributed by atoms with E-state index in [2.05, 4.69) is 10.7 Å². The minimum absolute atomic E-state index is 0.0175. The van der Waals surface area contributed by atoms with Gasteiger partial charge in [-0.3, -0.25) is 29.6 Å². The first-order valence-corrected chi connectivity index (χ1v) is 9.23. The predicted octanol–water partition coefficient (Wildman–Crippen LogP) is 1.37. The van der Waals surface area contributed by atoms with Crippen LogP contribution in [0.15, 0.2) is 54.6 Å². The van der Waals surface area contributed by atoms with Crippen LogP contribution in [-0.4, -0.2) is 49.0 Å². The Hall–Kier alpha value is -3.88. The van der Waals surface area contributed by atoms with Gasteiger partial charge in [-0.25, -0.2) is 0 Å². The molecule has 0 unspecified atom stereocenters. The molecular weight excluding hydrogens is 390 g/mol. The molecule has 1 heterocycles. The number of hydrogen-bond acceptors (Lipinski definition) is 6. The van der Waals surface area contributed by atoms with Crippen molar-refractivity contribution in [3.8, 4) is 5.75 Å². The number of anilines is 1. The number of carbonyl (C=O) groups is 4. The molecule has 3 amide bonds. The maximum atomic E-state index is 12.2. The molecule has 2 aromatic carbocycles. The van der Waals surface area contributed by atoms with E-state index >= 15 is 0 Å². The van der Waals surface area contributed by atoms with Crippen molar-refractivity contribution < 1.29 is 28.7 Å². The SMILES string of the molecule is COc1ccc(NC(=O)COC(=O)[C@@H]2CC(=O)N(NC(=O)c3ccccc3)C2)cc1. The monoisotopic (exact) mass is 411 g/mol. The average Bonchev–Trinajstić information content (AvgIpc) is 3.13. The standard InChI is InChI=1S/C21H21N3O6/c1-29-17-9-7-16(8-10-17)22-18(25)13-30-21(28)15-11-19(26)24(12-15)23-20(27)14-5-3-2-4-6-14/h2-10,15H,11-13H2,1H3,(H,22,25)(H,23,27)/t15-/m1/s1. The van der Waals surface area contributed by atoms with Crippen molar-refractivity contribution in [2.45, 2.75) is 6.42 Å². The summed E-state index contributed by atoms with van der Waals surface area (Å²) >= 11 is 0. The van der Waals surface area contributed by atoms with Gasteiger partial charge in [-0.2, -0.15) is 0 Å². The lowest BCUT2D eigenvalue weighted by Gasteiger charge is -2.17. The van der Waals surface area contributed by atoms with Crippen molar-refractivity contribution in [3.63, 3.8) is 0 Å². The van der Waals surface area contributed by atoms with Crippen LogP contribution in [0, 0.1) is 5.92 Å². The topological polar surface area (TPSA) is 114 Å². The van der Waals surface area contributed by atoms with E-state index in [1.54, 1.807) is 54.6 Å². The summed E-state index contributed by atoms with van der Waals surface area (Å²) in [6.45, 7) is -0.498. The van der Waals surface area contributed by atoms with Gasteiger partial charge in [-0.15, -0.1) is 0 Å². The zero-order valence-corrected chi connectivity index (χ0v) is 16.3. The highest BCUT2D eigenvalue weighted by Gasteiger charge is 2.36. The minimum Gasteiger partial charge on any atom is -0.497 e. The van der Waals surface area contributed by atoms with Gasteiger partial charge in [-0.05, 0) is 36.4 Å². The lowest BCUT2D eigenvalue weighted by molar-refractivity contribution is -0.151. The molecule has 0 aliphatic carbocycles. The second kappa shape index (κ2) is 9.55. The smallest absolute Gasteiger partial charge is 0.311 e. The zero-order valence-electron chi connectivity index (χ0n) is 16.3. The summed E-state index contributed by atoms with van der Waals surface area (Å²) in [4.78, 5) is 48.5. The number of nitrogens with zero attached hydrogens (tertiary/aromatic N) is 1. The Balaban J connectivity index is 1.45. The molecule has 0 radical (unpaired) electrons. The Morgan fingerprint density at radius 1 is 1.07 bits per heavy atom. The van der Waals surface area contributed by atoms with Crippen molar-refractivity contribution in [2.75, 3.05) is 25.6 Å². The quantitative estimate of drug-likeness (QED) is 0.665. The first-order chi connectivity index (χ1) is 14.5. The molecule has 1 aliphatic heterocycles. The lowest BCUT2D eigenvalue weighted by atomic mass is 10.1. The summed E-state index contributed by atoms with van der Waals surface area (Å²) in [5.41, 5.74) is 3.41. The number of carbonyl (C=O) groups excluding carboxylic acids is 4. The number of benzene rings is 2. The molecule has 1 aliphatic rings. The highest BCUT2D eigenvalue weighted by molar-refractivity contribution is 5.97. The number of amides is 3. The van der Waals surface area contributed by atoms with Crippen molar-refractivity contribution in [3.05, 3.63) is 60.2 Å². The third-order valence-corrected chi connectivity index (χ3v) is 4.45.